The SMILES string of the molecule is COc1cc([N+](=O)[O-])ccc1N1C(=O)[C@@H]2[C@H]3CCCN3[C@]3(C(=O)Nc4ccc(C)cc43)[C@@H]2C1=O. The number of fused-ring (bicyclic) bond motifs is 7. The molecule has 0 aromatic heterocycles. The lowest BCUT2D eigenvalue weighted by molar-refractivity contribution is -0.384. The lowest BCUT2D eigenvalue weighted by atomic mass is 9.75. The van der Waals surface area contributed by atoms with Crippen molar-refractivity contribution in [3.63, 3.8) is 0 Å². The van der Waals surface area contributed by atoms with Crippen LogP contribution in [0.15, 0.2) is 36.4 Å². The third-order valence-corrected chi connectivity index (χ3v) is 7.76. The van der Waals surface area contributed by atoms with Gasteiger partial charge in [-0.25, -0.2) is 4.90 Å². The van der Waals surface area contributed by atoms with Crippen molar-refractivity contribution in [1.29, 1.82) is 0 Å². The van der Waals surface area contributed by atoms with Crippen LogP contribution in [0.5, 0.6) is 5.75 Å². The Kier molecular flexibility index (Phi) is 4.20. The van der Waals surface area contributed by atoms with Crippen molar-refractivity contribution < 1.29 is 24.0 Å². The van der Waals surface area contributed by atoms with Crippen molar-refractivity contribution in [2.45, 2.75) is 31.3 Å². The number of benzene rings is 2. The van der Waals surface area contributed by atoms with Crippen molar-refractivity contribution in [2.75, 3.05) is 23.9 Å². The number of carbonyl (C=O) groups is 3. The van der Waals surface area contributed by atoms with Crippen molar-refractivity contribution in [2.24, 2.45) is 11.8 Å². The van der Waals surface area contributed by atoms with E-state index in [2.05, 4.69) is 10.2 Å². The van der Waals surface area contributed by atoms with Crippen LogP contribution in [-0.4, -0.2) is 47.2 Å². The minimum absolute atomic E-state index is 0.0559. The van der Waals surface area contributed by atoms with E-state index in [1.807, 2.05) is 25.1 Å². The van der Waals surface area contributed by atoms with Gasteiger partial charge in [0.1, 0.15) is 11.3 Å². The van der Waals surface area contributed by atoms with E-state index >= 15 is 0 Å². The molecule has 4 aliphatic heterocycles. The molecule has 2 aromatic carbocycles. The van der Waals surface area contributed by atoms with Crippen LogP contribution >= 0.6 is 0 Å². The van der Waals surface area contributed by atoms with Gasteiger partial charge >= 0.3 is 0 Å². The average Bonchev–Trinajstić information content (AvgIpc) is 3.52. The fraction of sp³-hybridized carbons (Fsp3) is 0.375. The van der Waals surface area contributed by atoms with E-state index in [0.29, 0.717) is 18.7 Å². The first-order valence-corrected chi connectivity index (χ1v) is 11.2. The number of methoxy groups -OCH3 is 1. The monoisotopic (exact) mass is 462 g/mol. The molecule has 2 aromatic rings. The van der Waals surface area contributed by atoms with Gasteiger partial charge in [-0.15, -0.1) is 0 Å². The van der Waals surface area contributed by atoms with Crippen LogP contribution in [0, 0.1) is 28.9 Å². The molecule has 0 saturated carbocycles. The maximum absolute atomic E-state index is 14.0. The van der Waals surface area contributed by atoms with Crippen molar-refractivity contribution in [3.05, 3.63) is 57.6 Å². The summed E-state index contributed by atoms with van der Waals surface area (Å²) in [7, 11) is 1.33. The molecule has 4 heterocycles. The molecule has 3 amide bonds. The van der Waals surface area contributed by atoms with Gasteiger partial charge in [0.15, 0.2) is 0 Å². The number of nitrogens with zero attached hydrogens (tertiary/aromatic N) is 3. The van der Waals surface area contributed by atoms with E-state index in [9.17, 15) is 24.5 Å². The summed E-state index contributed by atoms with van der Waals surface area (Å²) in [4.78, 5) is 55.3. The van der Waals surface area contributed by atoms with Gasteiger partial charge in [0, 0.05) is 23.4 Å². The van der Waals surface area contributed by atoms with E-state index < -0.39 is 34.1 Å². The molecule has 34 heavy (non-hydrogen) atoms. The number of imide groups is 1. The molecule has 174 valence electrons. The molecule has 4 aliphatic rings. The molecule has 4 atom stereocenters. The van der Waals surface area contributed by atoms with Crippen LogP contribution < -0.4 is 15.0 Å². The number of hydrogen-bond acceptors (Lipinski definition) is 7. The second kappa shape index (κ2) is 6.86. The Hall–Kier alpha value is -3.79. The van der Waals surface area contributed by atoms with Gasteiger partial charge in [-0.2, -0.15) is 0 Å². The highest BCUT2D eigenvalue weighted by Gasteiger charge is 2.74. The zero-order chi connectivity index (χ0) is 23.9. The Bertz CT molecular complexity index is 1310. The van der Waals surface area contributed by atoms with Gasteiger partial charge in [0.05, 0.1) is 35.6 Å². The molecule has 6 rings (SSSR count). The Labute approximate surface area is 194 Å². The molecule has 0 radical (unpaired) electrons. The topological polar surface area (TPSA) is 122 Å². The number of nitro groups is 1. The van der Waals surface area contributed by atoms with E-state index in [1.165, 1.54) is 25.3 Å². The lowest BCUT2D eigenvalue weighted by Gasteiger charge is -2.36. The Morgan fingerprint density at radius 2 is 1.94 bits per heavy atom. The molecule has 0 unspecified atom stereocenters. The van der Waals surface area contributed by atoms with Gasteiger partial charge in [-0.3, -0.25) is 29.4 Å². The summed E-state index contributed by atoms with van der Waals surface area (Å²) in [5, 5.41) is 14.2. The Morgan fingerprint density at radius 1 is 1.15 bits per heavy atom. The molecule has 1 N–H and O–H groups in total. The fourth-order valence-electron chi connectivity index (χ4n) is 6.52. The first kappa shape index (κ1) is 20.8. The van der Waals surface area contributed by atoms with E-state index in [-0.39, 0.29) is 29.1 Å². The van der Waals surface area contributed by atoms with Crippen LogP contribution in [0.25, 0.3) is 0 Å². The van der Waals surface area contributed by atoms with E-state index in [4.69, 9.17) is 4.74 Å². The molecule has 1 spiro atoms. The van der Waals surface area contributed by atoms with Crippen LogP contribution in [0.2, 0.25) is 0 Å². The Morgan fingerprint density at radius 3 is 2.68 bits per heavy atom. The number of carbonyl (C=O) groups excluding carboxylic acids is 3. The zero-order valence-electron chi connectivity index (χ0n) is 18.6. The van der Waals surface area contributed by atoms with Crippen molar-refractivity contribution in [3.8, 4) is 5.75 Å². The highest BCUT2D eigenvalue weighted by atomic mass is 16.6. The van der Waals surface area contributed by atoms with Crippen LogP contribution in [0.4, 0.5) is 17.1 Å². The summed E-state index contributed by atoms with van der Waals surface area (Å²) >= 11 is 0. The maximum atomic E-state index is 14.0. The van der Waals surface area contributed by atoms with Gasteiger partial charge in [0.25, 0.3) is 5.69 Å². The molecular weight excluding hydrogens is 440 g/mol. The second-order valence-electron chi connectivity index (χ2n) is 9.30. The molecule has 0 aliphatic carbocycles. The first-order valence-electron chi connectivity index (χ1n) is 11.2. The third kappa shape index (κ3) is 2.35. The van der Waals surface area contributed by atoms with Gasteiger partial charge in [-0.05, 0) is 38.4 Å². The minimum atomic E-state index is -1.26. The van der Waals surface area contributed by atoms with Crippen LogP contribution in [0.1, 0.15) is 24.0 Å². The largest absolute Gasteiger partial charge is 0.494 e. The number of nitrogens with one attached hydrogen (secondary N) is 1. The average molecular weight is 462 g/mol. The van der Waals surface area contributed by atoms with E-state index in [0.717, 1.165) is 22.4 Å². The predicted molar refractivity (Wildman–Crippen MR) is 120 cm³/mol. The molecule has 3 fully saturated rings. The summed E-state index contributed by atoms with van der Waals surface area (Å²) < 4.78 is 5.32. The molecule has 10 nitrogen and oxygen atoms in total. The molecule has 10 heteroatoms. The molecule has 0 bridgehead atoms. The highest BCUT2D eigenvalue weighted by Crippen LogP contribution is 2.61. The normalized spacial score (nSPS) is 29.4. The number of anilines is 2. The second-order valence-corrected chi connectivity index (χ2v) is 9.30. The third-order valence-electron chi connectivity index (χ3n) is 7.76. The zero-order valence-corrected chi connectivity index (χ0v) is 18.6. The number of amides is 3. The number of nitro benzene ring substituents is 1. The smallest absolute Gasteiger partial charge is 0.273 e. The van der Waals surface area contributed by atoms with Crippen LogP contribution in [-0.2, 0) is 19.9 Å². The molecular formula is C24H22N4O6. The summed E-state index contributed by atoms with van der Waals surface area (Å²) in [6.07, 6.45) is 1.54. The lowest BCUT2D eigenvalue weighted by Crippen LogP contribution is -2.54. The standard InChI is InChI=1S/C24H22N4O6/c1-12-5-7-15-14(10-12)24(23(31)25-15)20-19(17-4-3-9-26(17)24)21(29)27(22(20)30)16-8-6-13(28(32)33)11-18(16)34-2/h5-8,10-11,17,19-20H,3-4,9H2,1-2H3,(H,25,31)/t17-,19-,20+,24+/m1/s1. The quantitative estimate of drug-likeness (QED) is 0.422. The van der Waals surface area contributed by atoms with Gasteiger partial charge < -0.3 is 10.1 Å². The number of hydrogen-bond donors (Lipinski definition) is 1. The number of aryl methyl sites for hydroxylation is 1. The molecule has 3 saturated heterocycles. The Balaban J connectivity index is 1.53. The summed E-state index contributed by atoms with van der Waals surface area (Å²) in [6, 6.07) is 9.23. The predicted octanol–water partition coefficient (Wildman–Crippen LogP) is 2.34. The van der Waals surface area contributed by atoms with Gasteiger partial charge in [0.2, 0.25) is 17.7 Å². The van der Waals surface area contributed by atoms with Crippen molar-refractivity contribution >= 4 is 34.8 Å². The summed E-state index contributed by atoms with van der Waals surface area (Å²) in [5.41, 5.74) is 1.03. The summed E-state index contributed by atoms with van der Waals surface area (Å²) in [5.74, 6) is -2.70. The highest BCUT2D eigenvalue weighted by molar-refractivity contribution is 6.26. The first-order chi connectivity index (χ1) is 16.3. The van der Waals surface area contributed by atoms with Gasteiger partial charge in [-0.1, -0.05) is 17.7 Å². The number of rotatable bonds is 3. The fourth-order valence-corrected chi connectivity index (χ4v) is 6.52. The van der Waals surface area contributed by atoms with Crippen molar-refractivity contribution in [1.82, 2.24) is 4.90 Å². The number of non-ortho nitro benzene ring substituents is 1. The summed E-state index contributed by atoms with van der Waals surface area (Å²) in [6.45, 7) is 2.56. The minimum Gasteiger partial charge on any atom is -0.494 e. The maximum Gasteiger partial charge on any atom is 0.273 e. The van der Waals surface area contributed by atoms with E-state index in [1.54, 1.807) is 0 Å². The number of ether oxygens (including phenoxy) is 1. The van der Waals surface area contributed by atoms with Crippen LogP contribution in [0.3, 0.4) is 0 Å².